The highest BCUT2D eigenvalue weighted by molar-refractivity contribution is 5.27. The molecule has 0 aromatic heterocycles. The standard InChI is InChI=1S/C15H29N/c1-8-12-13(5)14(6,9-2)15(7,10-3)16-11-4/h8,12,16H,5,9-11H2,1-4,6-7H3/b12-8-. The molecule has 2 unspecified atom stereocenters. The fourth-order valence-electron chi connectivity index (χ4n) is 2.46. The minimum Gasteiger partial charge on any atom is -0.311 e. The lowest BCUT2D eigenvalue weighted by atomic mass is 9.64. The summed E-state index contributed by atoms with van der Waals surface area (Å²) in [6.45, 7) is 18.6. The molecule has 0 spiro atoms. The quantitative estimate of drug-likeness (QED) is 0.634. The van der Waals surface area contributed by atoms with Gasteiger partial charge in [0.15, 0.2) is 0 Å². The molecule has 0 aromatic rings. The first-order valence-corrected chi connectivity index (χ1v) is 6.48. The molecular formula is C15H29N. The maximum atomic E-state index is 4.26. The average molecular weight is 223 g/mol. The molecule has 0 aliphatic rings. The number of hydrogen-bond acceptors (Lipinski definition) is 1. The Bertz CT molecular complexity index is 254. The van der Waals surface area contributed by atoms with E-state index in [0.29, 0.717) is 0 Å². The van der Waals surface area contributed by atoms with Crippen molar-refractivity contribution in [3.63, 3.8) is 0 Å². The molecule has 0 rings (SSSR count). The smallest absolute Gasteiger partial charge is 0.0244 e. The Morgan fingerprint density at radius 2 is 1.75 bits per heavy atom. The highest BCUT2D eigenvalue weighted by Crippen LogP contribution is 2.43. The average Bonchev–Trinajstić information content (AvgIpc) is 2.28. The SMILES string of the molecule is C=C(/C=C\C)C(C)(CC)C(C)(CC)NCC. The molecule has 0 radical (unpaired) electrons. The summed E-state index contributed by atoms with van der Waals surface area (Å²) in [5, 5.41) is 3.64. The largest absolute Gasteiger partial charge is 0.311 e. The second-order valence-corrected chi connectivity index (χ2v) is 4.93. The van der Waals surface area contributed by atoms with Crippen LogP contribution >= 0.6 is 0 Å². The molecule has 1 N–H and O–H groups in total. The second-order valence-electron chi connectivity index (χ2n) is 4.93. The van der Waals surface area contributed by atoms with Crippen molar-refractivity contribution in [2.24, 2.45) is 5.41 Å². The van der Waals surface area contributed by atoms with Gasteiger partial charge < -0.3 is 5.32 Å². The van der Waals surface area contributed by atoms with E-state index in [0.717, 1.165) is 19.4 Å². The Hall–Kier alpha value is -0.560. The monoisotopic (exact) mass is 223 g/mol. The van der Waals surface area contributed by atoms with Gasteiger partial charge in [0.1, 0.15) is 0 Å². The highest BCUT2D eigenvalue weighted by atomic mass is 15.0. The van der Waals surface area contributed by atoms with Crippen molar-refractivity contribution < 1.29 is 0 Å². The summed E-state index contributed by atoms with van der Waals surface area (Å²) < 4.78 is 0. The predicted molar refractivity (Wildman–Crippen MR) is 74.7 cm³/mol. The van der Waals surface area contributed by atoms with Gasteiger partial charge in [-0.25, -0.2) is 0 Å². The van der Waals surface area contributed by atoms with Gasteiger partial charge in [-0.3, -0.25) is 0 Å². The molecule has 0 heterocycles. The van der Waals surface area contributed by atoms with E-state index in [1.54, 1.807) is 0 Å². The summed E-state index contributed by atoms with van der Waals surface area (Å²) in [4.78, 5) is 0. The van der Waals surface area contributed by atoms with Gasteiger partial charge in [-0.2, -0.15) is 0 Å². The van der Waals surface area contributed by atoms with Crippen molar-refractivity contribution >= 4 is 0 Å². The first-order valence-electron chi connectivity index (χ1n) is 6.48. The van der Waals surface area contributed by atoms with Crippen LogP contribution in [0.4, 0.5) is 0 Å². The van der Waals surface area contributed by atoms with Gasteiger partial charge >= 0.3 is 0 Å². The Labute approximate surface area is 102 Å². The molecule has 2 atom stereocenters. The van der Waals surface area contributed by atoms with E-state index in [9.17, 15) is 0 Å². The summed E-state index contributed by atoms with van der Waals surface area (Å²) in [5.41, 5.74) is 1.46. The van der Waals surface area contributed by atoms with E-state index in [-0.39, 0.29) is 11.0 Å². The summed E-state index contributed by atoms with van der Waals surface area (Å²) >= 11 is 0. The number of rotatable bonds is 7. The lowest BCUT2D eigenvalue weighted by Crippen LogP contribution is -2.55. The maximum Gasteiger partial charge on any atom is 0.0244 e. The maximum absolute atomic E-state index is 4.26. The van der Waals surface area contributed by atoms with Crippen LogP contribution in [0.1, 0.15) is 54.4 Å². The van der Waals surface area contributed by atoms with Crippen LogP contribution in [0.25, 0.3) is 0 Å². The Kier molecular flexibility index (Phi) is 6.02. The van der Waals surface area contributed by atoms with Crippen molar-refractivity contribution in [2.45, 2.75) is 59.9 Å². The van der Waals surface area contributed by atoms with Crippen LogP contribution in [-0.2, 0) is 0 Å². The molecule has 0 aliphatic heterocycles. The van der Waals surface area contributed by atoms with Gasteiger partial charge in [-0.15, -0.1) is 0 Å². The van der Waals surface area contributed by atoms with Crippen molar-refractivity contribution in [2.75, 3.05) is 6.54 Å². The molecular weight excluding hydrogens is 194 g/mol. The van der Waals surface area contributed by atoms with Gasteiger partial charge in [-0.05, 0) is 38.8 Å². The van der Waals surface area contributed by atoms with Crippen molar-refractivity contribution in [1.82, 2.24) is 5.32 Å². The highest BCUT2D eigenvalue weighted by Gasteiger charge is 2.42. The zero-order chi connectivity index (χ0) is 12.8. The van der Waals surface area contributed by atoms with Crippen LogP contribution < -0.4 is 5.32 Å². The lowest BCUT2D eigenvalue weighted by molar-refractivity contribution is 0.149. The molecule has 16 heavy (non-hydrogen) atoms. The third-order valence-electron chi connectivity index (χ3n) is 4.28. The van der Waals surface area contributed by atoms with E-state index in [1.165, 1.54) is 5.57 Å². The first-order chi connectivity index (χ1) is 7.41. The van der Waals surface area contributed by atoms with E-state index >= 15 is 0 Å². The topological polar surface area (TPSA) is 12.0 Å². The predicted octanol–water partition coefficient (Wildman–Crippen LogP) is 4.31. The van der Waals surface area contributed by atoms with Gasteiger partial charge in [0.2, 0.25) is 0 Å². The Morgan fingerprint density at radius 1 is 1.19 bits per heavy atom. The van der Waals surface area contributed by atoms with E-state index < -0.39 is 0 Å². The third kappa shape index (κ3) is 2.76. The number of allylic oxidation sites excluding steroid dienone is 2. The van der Waals surface area contributed by atoms with E-state index in [2.05, 4.69) is 65.6 Å². The van der Waals surface area contributed by atoms with Crippen LogP contribution in [0.5, 0.6) is 0 Å². The zero-order valence-corrected chi connectivity index (χ0v) is 12.0. The summed E-state index contributed by atoms with van der Waals surface area (Å²) in [6.07, 6.45) is 6.45. The van der Waals surface area contributed by atoms with Gasteiger partial charge in [0, 0.05) is 11.0 Å². The molecule has 1 nitrogen and oxygen atoms in total. The minimum atomic E-state index is 0.115. The van der Waals surface area contributed by atoms with E-state index in [4.69, 9.17) is 0 Å². The lowest BCUT2D eigenvalue weighted by Gasteiger charge is -2.47. The second kappa shape index (κ2) is 6.24. The van der Waals surface area contributed by atoms with Crippen LogP contribution in [0, 0.1) is 5.41 Å². The molecule has 94 valence electrons. The van der Waals surface area contributed by atoms with Gasteiger partial charge in [0.25, 0.3) is 0 Å². The van der Waals surface area contributed by atoms with E-state index in [1.807, 2.05) is 0 Å². The summed E-state index contributed by atoms with van der Waals surface area (Å²) in [7, 11) is 0. The third-order valence-corrected chi connectivity index (χ3v) is 4.28. The fourth-order valence-corrected chi connectivity index (χ4v) is 2.46. The van der Waals surface area contributed by atoms with Crippen LogP contribution in [0.15, 0.2) is 24.3 Å². The van der Waals surface area contributed by atoms with Crippen molar-refractivity contribution in [3.8, 4) is 0 Å². The summed E-state index contributed by atoms with van der Waals surface area (Å²) in [6, 6.07) is 0. The fraction of sp³-hybridized carbons (Fsp3) is 0.733. The molecule has 0 aliphatic carbocycles. The van der Waals surface area contributed by atoms with Crippen LogP contribution in [0.2, 0.25) is 0 Å². The molecule has 1 heteroatoms. The number of hydrogen-bond donors (Lipinski definition) is 1. The molecule has 0 aromatic carbocycles. The molecule has 0 saturated carbocycles. The molecule has 0 amide bonds. The normalized spacial score (nSPS) is 19.4. The molecule has 0 saturated heterocycles. The molecule has 0 bridgehead atoms. The first kappa shape index (κ1) is 15.4. The summed E-state index contributed by atoms with van der Waals surface area (Å²) in [5.74, 6) is 0. The van der Waals surface area contributed by atoms with Crippen LogP contribution in [0.3, 0.4) is 0 Å². The zero-order valence-electron chi connectivity index (χ0n) is 12.0. The molecule has 0 fully saturated rings. The van der Waals surface area contributed by atoms with Crippen molar-refractivity contribution in [1.29, 1.82) is 0 Å². The van der Waals surface area contributed by atoms with Gasteiger partial charge in [-0.1, -0.05) is 46.4 Å². The van der Waals surface area contributed by atoms with Crippen molar-refractivity contribution in [3.05, 3.63) is 24.3 Å². The Balaban J connectivity index is 5.26. The number of nitrogens with one attached hydrogen (secondary N) is 1. The minimum absolute atomic E-state index is 0.115. The Morgan fingerprint density at radius 3 is 2.06 bits per heavy atom. The van der Waals surface area contributed by atoms with Crippen LogP contribution in [-0.4, -0.2) is 12.1 Å². The van der Waals surface area contributed by atoms with Gasteiger partial charge in [0.05, 0.1) is 0 Å².